The Labute approximate surface area is 169 Å². The summed E-state index contributed by atoms with van der Waals surface area (Å²) in [5, 5.41) is 24.9. The molecular formula is C18H21N3O6S2. The molecule has 0 saturated carbocycles. The van der Waals surface area contributed by atoms with Gasteiger partial charge in [0.2, 0.25) is 15.9 Å². The minimum atomic E-state index is -4.02. The summed E-state index contributed by atoms with van der Waals surface area (Å²) in [6.45, 7) is 1.98. The molecule has 0 radical (unpaired) electrons. The highest BCUT2D eigenvalue weighted by atomic mass is 32.2. The van der Waals surface area contributed by atoms with Crippen molar-refractivity contribution in [3.8, 4) is 5.75 Å². The molecule has 0 amide bonds. The summed E-state index contributed by atoms with van der Waals surface area (Å²) in [5.41, 5.74) is 2.95. The number of primary sulfonamides is 1. The van der Waals surface area contributed by atoms with Crippen molar-refractivity contribution in [2.75, 3.05) is 4.31 Å². The summed E-state index contributed by atoms with van der Waals surface area (Å²) in [7, 11) is -7.73. The SMILES string of the molecule is CCc1ccc(CS(N)(=O)=O)c(Cc2ccc(N3C=C(O)NS3(=O)=O)c(O)c2)c1. The number of benzene rings is 2. The Morgan fingerprint density at radius 2 is 1.76 bits per heavy atom. The number of anilines is 1. The van der Waals surface area contributed by atoms with Crippen molar-refractivity contribution < 1.29 is 27.0 Å². The fourth-order valence-electron chi connectivity index (χ4n) is 3.09. The molecule has 9 nitrogen and oxygen atoms in total. The van der Waals surface area contributed by atoms with Gasteiger partial charge in [-0.2, -0.15) is 8.42 Å². The lowest BCUT2D eigenvalue weighted by Crippen LogP contribution is -2.29. The fourth-order valence-corrected chi connectivity index (χ4v) is 4.88. The Kier molecular flexibility index (Phi) is 5.48. The van der Waals surface area contributed by atoms with E-state index in [9.17, 15) is 27.0 Å². The molecule has 0 fully saturated rings. The van der Waals surface area contributed by atoms with Crippen LogP contribution in [0.4, 0.5) is 5.69 Å². The highest BCUT2D eigenvalue weighted by molar-refractivity contribution is 7.91. The molecule has 156 valence electrons. The third-order valence-electron chi connectivity index (χ3n) is 4.44. The number of nitrogens with one attached hydrogen (secondary N) is 1. The van der Waals surface area contributed by atoms with Crippen LogP contribution in [0.15, 0.2) is 48.5 Å². The van der Waals surface area contributed by atoms with E-state index < -0.39 is 26.1 Å². The molecule has 1 aliphatic rings. The zero-order chi connectivity index (χ0) is 21.4. The van der Waals surface area contributed by atoms with Gasteiger partial charge in [0.15, 0.2) is 0 Å². The highest BCUT2D eigenvalue weighted by Crippen LogP contribution is 2.33. The van der Waals surface area contributed by atoms with Crippen LogP contribution >= 0.6 is 0 Å². The van der Waals surface area contributed by atoms with Crippen molar-refractivity contribution in [1.82, 2.24) is 4.72 Å². The van der Waals surface area contributed by atoms with Gasteiger partial charge >= 0.3 is 10.2 Å². The number of phenolic OH excluding ortho intramolecular Hbond substituents is 1. The maximum Gasteiger partial charge on any atom is 0.330 e. The van der Waals surface area contributed by atoms with Crippen molar-refractivity contribution in [2.45, 2.75) is 25.5 Å². The van der Waals surface area contributed by atoms with Crippen LogP contribution in [0.1, 0.15) is 29.2 Å². The van der Waals surface area contributed by atoms with Gasteiger partial charge < -0.3 is 10.2 Å². The van der Waals surface area contributed by atoms with E-state index in [1.165, 1.54) is 12.1 Å². The van der Waals surface area contributed by atoms with Crippen molar-refractivity contribution in [1.29, 1.82) is 0 Å². The van der Waals surface area contributed by atoms with E-state index in [1.807, 2.05) is 23.8 Å². The molecule has 0 bridgehead atoms. The second-order valence-corrected chi connectivity index (χ2v) is 9.84. The molecule has 0 unspecified atom stereocenters. The van der Waals surface area contributed by atoms with Gasteiger partial charge in [0.25, 0.3) is 0 Å². The molecule has 29 heavy (non-hydrogen) atoms. The number of rotatable bonds is 6. The monoisotopic (exact) mass is 439 g/mol. The zero-order valence-electron chi connectivity index (χ0n) is 15.5. The molecule has 0 spiro atoms. The van der Waals surface area contributed by atoms with Crippen LogP contribution in [0.3, 0.4) is 0 Å². The first-order valence-electron chi connectivity index (χ1n) is 8.64. The Hall–Kier alpha value is -2.76. The summed E-state index contributed by atoms with van der Waals surface area (Å²) >= 11 is 0. The maximum absolute atomic E-state index is 12.0. The average molecular weight is 440 g/mol. The van der Waals surface area contributed by atoms with Gasteiger partial charge in [-0.3, -0.25) is 0 Å². The van der Waals surface area contributed by atoms with Crippen LogP contribution in [-0.4, -0.2) is 27.0 Å². The van der Waals surface area contributed by atoms with Gasteiger partial charge in [0.05, 0.1) is 12.0 Å². The minimum absolute atomic E-state index is 0.0302. The first-order chi connectivity index (χ1) is 13.5. The lowest BCUT2D eigenvalue weighted by Gasteiger charge is -2.16. The number of nitrogens with zero attached hydrogens (tertiary/aromatic N) is 1. The van der Waals surface area contributed by atoms with Crippen LogP contribution in [0, 0.1) is 0 Å². The van der Waals surface area contributed by atoms with E-state index in [2.05, 4.69) is 0 Å². The van der Waals surface area contributed by atoms with Crippen LogP contribution in [0.5, 0.6) is 5.75 Å². The number of phenols is 1. The number of nitrogens with two attached hydrogens (primary N) is 1. The number of aliphatic hydroxyl groups is 1. The normalized spacial score (nSPS) is 15.8. The smallest absolute Gasteiger partial charge is 0.330 e. The molecule has 1 heterocycles. The molecule has 3 rings (SSSR count). The average Bonchev–Trinajstić information content (AvgIpc) is 2.87. The molecule has 2 aromatic rings. The molecular weight excluding hydrogens is 418 g/mol. The van der Waals surface area contributed by atoms with Crippen molar-refractivity contribution >= 4 is 25.9 Å². The fraction of sp³-hybridized carbons (Fsp3) is 0.222. The summed E-state index contributed by atoms with van der Waals surface area (Å²) in [6, 6.07) is 9.88. The molecule has 1 aliphatic heterocycles. The quantitative estimate of drug-likeness (QED) is 0.533. The minimum Gasteiger partial charge on any atom is -0.506 e. The van der Waals surface area contributed by atoms with Crippen LogP contribution in [-0.2, 0) is 38.8 Å². The first-order valence-corrected chi connectivity index (χ1v) is 11.8. The molecule has 0 saturated heterocycles. The van der Waals surface area contributed by atoms with Crippen LogP contribution in [0.25, 0.3) is 0 Å². The predicted octanol–water partition coefficient (Wildman–Crippen LogP) is 1.35. The number of aryl methyl sites for hydroxylation is 1. The van der Waals surface area contributed by atoms with E-state index in [1.54, 1.807) is 12.1 Å². The predicted molar refractivity (Wildman–Crippen MR) is 109 cm³/mol. The lowest BCUT2D eigenvalue weighted by atomic mass is 9.97. The van der Waals surface area contributed by atoms with Crippen LogP contribution < -0.4 is 14.2 Å². The van der Waals surface area contributed by atoms with Gasteiger partial charge in [-0.25, -0.2) is 22.6 Å². The maximum atomic E-state index is 12.0. The van der Waals surface area contributed by atoms with Gasteiger partial charge in [-0.05, 0) is 47.2 Å². The molecule has 0 aromatic heterocycles. The molecule has 0 aliphatic carbocycles. The Bertz CT molecular complexity index is 1190. The Balaban J connectivity index is 1.95. The van der Waals surface area contributed by atoms with E-state index in [4.69, 9.17) is 5.14 Å². The number of hydrogen-bond donors (Lipinski definition) is 4. The number of aromatic hydroxyl groups is 1. The number of aliphatic hydroxyl groups excluding tert-OH is 1. The van der Waals surface area contributed by atoms with Crippen molar-refractivity contribution in [2.24, 2.45) is 5.14 Å². The Morgan fingerprint density at radius 1 is 1.07 bits per heavy atom. The number of sulfonamides is 1. The van der Waals surface area contributed by atoms with E-state index in [0.29, 0.717) is 17.5 Å². The van der Waals surface area contributed by atoms with Gasteiger partial charge in [-0.1, -0.05) is 31.2 Å². The standard InChI is InChI=1S/C18H21N3O6S2/c1-2-12-3-5-14(11-28(19,24)25)15(7-12)8-13-4-6-16(17(22)9-13)21-10-18(23)20-29(21,26)27/h3-7,9-10,20,22-23H,2,8,11H2,1H3,(H2,19,24,25). The molecule has 2 aromatic carbocycles. The van der Waals surface area contributed by atoms with Crippen LogP contribution in [0.2, 0.25) is 0 Å². The van der Waals surface area contributed by atoms with E-state index in [0.717, 1.165) is 28.1 Å². The highest BCUT2D eigenvalue weighted by Gasteiger charge is 2.30. The Morgan fingerprint density at radius 3 is 2.31 bits per heavy atom. The molecule has 5 N–H and O–H groups in total. The summed E-state index contributed by atoms with van der Waals surface area (Å²) in [5.74, 6) is -1.17. The lowest BCUT2D eigenvalue weighted by molar-refractivity contribution is 0.392. The van der Waals surface area contributed by atoms with E-state index >= 15 is 0 Å². The van der Waals surface area contributed by atoms with Crippen molar-refractivity contribution in [3.05, 3.63) is 70.7 Å². The largest absolute Gasteiger partial charge is 0.506 e. The van der Waals surface area contributed by atoms with Crippen molar-refractivity contribution in [3.63, 3.8) is 0 Å². The second kappa shape index (κ2) is 7.58. The zero-order valence-corrected chi connectivity index (χ0v) is 17.2. The van der Waals surface area contributed by atoms with Gasteiger partial charge in [0.1, 0.15) is 11.4 Å². The topological polar surface area (TPSA) is 150 Å². The second-order valence-electron chi connectivity index (χ2n) is 6.68. The summed E-state index contributed by atoms with van der Waals surface area (Å²) in [6.07, 6.45) is 2.03. The summed E-state index contributed by atoms with van der Waals surface area (Å²) < 4.78 is 49.6. The first kappa shape index (κ1) is 21.0. The van der Waals surface area contributed by atoms with Gasteiger partial charge in [0, 0.05) is 0 Å². The van der Waals surface area contributed by atoms with E-state index in [-0.39, 0.29) is 17.2 Å². The third kappa shape index (κ3) is 4.81. The summed E-state index contributed by atoms with van der Waals surface area (Å²) in [4.78, 5) is 0. The number of hydrogen-bond acceptors (Lipinski definition) is 6. The third-order valence-corrected chi connectivity index (χ3v) is 6.44. The molecule has 11 heteroatoms. The van der Waals surface area contributed by atoms with Gasteiger partial charge in [-0.15, -0.1) is 0 Å². The molecule has 0 atom stereocenters.